The highest BCUT2D eigenvalue weighted by atomic mass is 32.1. The summed E-state index contributed by atoms with van der Waals surface area (Å²) in [5.74, 6) is -0.0555. The van der Waals surface area contributed by atoms with E-state index in [0.717, 1.165) is 32.1 Å². The number of thiophene rings is 1. The Hall–Kier alpha value is -1.73. The third-order valence-electron chi connectivity index (χ3n) is 4.93. The molecule has 2 aromatic rings. The summed E-state index contributed by atoms with van der Waals surface area (Å²) in [4.78, 5) is 30.4. The van der Waals surface area contributed by atoms with E-state index in [1.807, 2.05) is 0 Å². The molecule has 2 heterocycles. The molecule has 0 radical (unpaired) electrons. The number of nitrogens with zero attached hydrogens (tertiary/aromatic N) is 2. The van der Waals surface area contributed by atoms with Gasteiger partial charge in [-0.25, -0.2) is 4.98 Å². The van der Waals surface area contributed by atoms with E-state index in [0.29, 0.717) is 20.7 Å². The molecule has 2 unspecified atom stereocenters. The summed E-state index contributed by atoms with van der Waals surface area (Å²) in [6.07, 6.45) is 6.62. The first-order chi connectivity index (χ1) is 11.5. The van der Waals surface area contributed by atoms with E-state index in [9.17, 15) is 14.7 Å². The van der Waals surface area contributed by atoms with Gasteiger partial charge in [-0.15, -0.1) is 11.3 Å². The minimum absolute atomic E-state index is 0.00888. The highest BCUT2D eigenvalue weighted by Gasteiger charge is 2.27. The van der Waals surface area contributed by atoms with Gasteiger partial charge >= 0.3 is 0 Å². The van der Waals surface area contributed by atoms with Crippen molar-refractivity contribution in [3.63, 3.8) is 0 Å². The maximum atomic E-state index is 12.8. The van der Waals surface area contributed by atoms with Crippen LogP contribution in [0, 0.1) is 12.8 Å². The Bertz CT molecular complexity index is 811. The first kappa shape index (κ1) is 17.1. The van der Waals surface area contributed by atoms with Gasteiger partial charge in [-0.2, -0.15) is 0 Å². The number of hydrogen-bond acceptors (Lipinski definition) is 5. The van der Waals surface area contributed by atoms with Crippen LogP contribution < -0.4 is 10.9 Å². The zero-order valence-electron chi connectivity index (χ0n) is 14.0. The molecular weight excluding hydrogens is 326 g/mol. The predicted molar refractivity (Wildman–Crippen MR) is 94.5 cm³/mol. The summed E-state index contributed by atoms with van der Waals surface area (Å²) in [7, 11) is 1.66. The first-order valence-corrected chi connectivity index (χ1v) is 9.21. The fourth-order valence-electron chi connectivity index (χ4n) is 3.45. The van der Waals surface area contributed by atoms with Crippen LogP contribution in [0.4, 0.5) is 0 Å². The van der Waals surface area contributed by atoms with Crippen LogP contribution in [0.15, 0.2) is 11.1 Å². The average Bonchev–Trinajstić information content (AvgIpc) is 2.75. The first-order valence-electron chi connectivity index (χ1n) is 8.39. The van der Waals surface area contributed by atoms with E-state index >= 15 is 0 Å². The molecular formula is C17H23N3O3S. The van der Waals surface area contributed by atoms with Gasteiger partial charge in [0.1, 0.15) is 4.83 Å². The number of rotatable bonds is 3. The number of fused-ring (bicyclic) bond motifs is 1. The Labute approximate surface area is 144 Å². The van der Waals surface area contributed by atoms with Crippen LogP contribution in [-0.2, 0) is 7.05 Å². The maximum Gasteiger partial charge on any atom is 0.262 e. The molecule has 3 rings (SSSR count). The van der Waals surface area contributed by atoms with Crippen molar-refractivity contribution >= 4 is 27.5 Å². The lowest BCUT2D eigenvalue weighted by Crippen LogP contribution is -2.41. The molecule has 0 spiro atoms. The van der Waals surface area contributed by atoms with Crippen LogP contribution in [0.2, 0.25) is 0 Å². The molecule has 6 nitrogen and oxygen atoms in total. The molecule has 0 bridgehead atoms. The minimum atomic E-state index is -0.164. The smallest absolute Gasteiger partial charge is 0.262 e. The lowest BCUT2D eigenvalue weighted by atomic mass is 9.95. The zero-order valence-corrected chi connectivity index (χ0v) is 14.9. The van der Waals surface area contributed by atoms with Crippen molar-refractivity contribution < 1.29 is 9.90 Å². The molecule has 1 amide bonds. The van der Waals surface area contributed by atoms with Crippen LogP contribution in [0.25, 0.3) is 10.2 Å². The molecule has 0 aliphatic heterocycles. The van der Waals surface area contributed by atoms with Gasteiger partial charge in [-0.05, 0) is 25.3 Å². The number of carbonyl (C=O) groups is 1. The van der Waals surface area contributed by atoms with Crippen molar-refractivity contribution in [3.05, 3.63) is 27.1 Å². The highest BCUT2D eigenvalue weighted by Crippen LogP contribution is 2.28. The Kier molecular flexibility index (Phi) is 5.01. The van der Waals surface area contributed by atoms with Gasteiger partial charge in [0.05, 0.1) is 16.6 Å². The quantitative estimate of drug-likeness (QED) is 0.830. The summed E-state index contributed by atoms with van der Waals surface area (Å²) in [6, 6.07) is -0.00888. The molecule has 1 aliphatic carbocycles. The van der Waals surface area contributed by atoms with Crippen molar-refractivity contribution in [2.24, 2.45) is 13.0 Å². The van der Waals surface area contributed by atoms with E-state index in [1.165, 1.54) is 22.2 Å². The molecule has 130 valence electrons. The number of hydrogen-bond donors (Lipinski definition) is 2. The molecule has 0 saturated heterocycles. The van der Waals surface area contributed by atoms with Crippen LogP contribution in [-0.4, -0.2) is 33.2 Å². The Morgan fingerprint density at radius 1 is 1.42 bits per heavy atom. The number of carbonyl (C=O) groups excluding carboxylic acids is 1. The van der Waals surface area contributed by atoms with Crippen LogP contribution in [0.5, 0.6) is 0 Å². The van der Waals surface area contributed by atoms with Crippen molar-refractivity contribution in [2.45, 2.75) is 45.1 Å². The van der Waals surface area contributed by atoms with Gasteiger partial charge in [0.25, 0.3) is 11.5 Å². The number of aromatic nitrogens is 2. The van der Waals surface area contributed by atoms with Crippen LogP contribution in [0.1, 0.15) is 47.3 Å². The summed E-state index contributed by atoms with van der Waals surface area (Å²) in [6.45, 7) is 1.89. The molecule has 1 fully saturated rings. The largest absolute Gasteiger partial charge is 0.396 e. The minimum Gasteiger partial charge on any atom is -0.396 e. The molecule has 0 aromatic carbocycles. The van der Waals surface area contributed by atoms with Gasteiger partial charge < -0.3 is 15.0 Å². The van der Waals surface area contributed by atoms with Gasteiger partial charge in [-0.3, -0.25) is 9.59 Å². The fourth-order valence-corrected chi connectivity index (χ4v) is 4.49. The zero-order chi connectivity index (χ0) is 17.3. The molecule has 2 N–H and O–H groups in total. The topological polar surface area (TPSA) is 84.2 Å². The van der Waals surface area contributed by atoms with Gasteiger partial charge in [0.2, 0.25) is 0 Å². The summed E-state index contributed by atoms with van der Waals surface area (Å²) < 4.78 is 1.43. The number of nitrogens with one attached hydrogen (secondary N) is 1. The van der Waals surface area contributed by atoms with Gasteiger partial charge in [-0.1, -0.05) is 19.3 Å². The van der Waals surface area contributed by atoms with Crippen LogP contribution in [0.3, 0.4) is 0 Å². The normalized spacial score (nSPS) is 21.6. The van der Waals surface area contributed by atoms with E-state index in [4.69, 9.17) is 0 Å². The predicted octanol–water partition coefficient (Wildman–Crippen LogP) is 1.97. The second-order valence-electron chi connectivity index (χ2n) is 6.56. The number of aryl methyl sites for hydroxylation is 2. The van der Waals surface area contributed by atoms with Crippen molar-refractivity contribution in [1.29, 1.82) is 0 Å². The number of aliphatic hydroxyl groups is 1. The summed E-state index contributed by atoms with van der Waals surface area (Å²) in [5, 5.41) is 13.2. The highest BCUT2D eigenvalue weighted by molar-refractivity contribution is 7.20. The van der Waals surface area contributed by atoms with E-state index in [1.54, 1.807) is 14.0 Å². The molecule has 1 saturated carbocycles. The van der Waals surface area contributed by atoms with Crippen LogP contribution >= 0.6 is 11.3 Å². The second kappa shape index (κ2) is 7.03. The van der Waals surface area contributed by atoms with E-state index in [2.05, 4.69) is 10.3 Å². The molecule has 1 aliphatic rings. The average molecular weight is 349 g/mol. The lowest BCUT2D eigenvalue weighted by Gasteiger charge is -2.24. The maximum absolute atomic E-state index is 12.8. The number of aliphatic hydroxyl groups excluding tert-OH is 1. The molecule has 2 aromatic heterocycles. The summed E-state index contributed by atoms with van der Waals surface area (Å²) >= 11 is 1.26. The lowest BCUT2D eigenvalue weighted by molar-refractivity contribution is 0.0903. The van der Waals surface area contributed by atoms with Crippen molar-refractivity contribution in [3.8, 4) is 0 Å². The van der Waals surface area contributed by atoms with E-state index in [-0.39, 0.29) is 30.0 Å². The summed E-state index contributed by atoms with van der Waals surface area (Å²) in [5.41, 5.74) is 0.561. The molecule has 7 heteroatoms. The molecule has 2 atom stereocenters. The Balaban J connectivity index is 1.90. The van der Waals surface area contributed by atoms with Crippen molar-refractivity contribution in [1.82, 2.24) is 14.9 Å². The third-order valence-corrected chi connectivity index (χ3v) is 6.13. The monoisotopic (exact) mass is 349 g/mol. The number of amides is 1. The fraction of sp³-hybridized carbons (Fsp3) is 0.588. The van der Waals surface area contributed by atoms with Gasteiger partial charge in [0.15, 0.2) is 0 Å². The Morgan fingerprint density at radius 3 is 2.92 bits per heavy atom. The van der Waals surface area contributed by atoms with E-state index < -0.39 is 0 Å². The van der Waals surface area contributed by atoms with Gasteiger partial charge in [0, 0.05) is 25.6 Å². The second-order valence-corrected chi connectivity index (χ2v) is 7.56. The third kappa shape index (κ3) is 3.10. The Morgan fingerprint density at radius 2 is 2.17 bits per heavy atom. The SMILES string of the molecule is Cc1c(C(=O)NC2CCCCCC2CO)sc2ncn(C)c(=O)c12. The molecule has 24 heavy (non-hydrogen) atoms. The van der Waals surface area contributed by atoms with Crippen molar-refractivity contribution in [2.75, 3.05) is 6.61 Å². The standard InChI is InChI=1S/C17H23N3O3S/c1-10-13-16(18-9-20(2)17(13)23)24-14(10)15(22)19-12-7-5-3-4-6-11(12)8-21/h9,11-12,21H,3-8H2,1-2H3,(H,19,22).